The molecule has 0 bridgehead atoms. The molecule has 0 saturated heterocycles. The fourth-order valence-corrected chi connectivity index (χ4v) is 3.90. The van der Waals surface area contributed by atoms with Crippen LogP contribution in [0.2, 0.25) is 0 Å². The molecule has 0 spiro atoms. The third-order valence-corrected chi connectivity index (χ3v) is 6.09. The highest BCUT2D eigenvalue weighted by molar-refractivity contribution is 7.89. The topological polar surface area (TPSA) is 84.3 Å². The smallest absolute Gasteiger partial charge is 0.246 e. The fourth-order valence-electron chi connectivity index (χ4n) is 2.64. The molecule has 1 unspecified atom stereocenters. The van der Waals surface area contributed by atoms with E-state index >= 15 is 0 Å². The lowest BCUT2D eigenvalue weighted by Crippen LogP contribution is -2.31. The Morgan fingerprint density at radius 1 is 1.24 bits per heavy atom. The Morgan fingerprint density at radius 2 is 1.84 bits per heavy atom. The minimum absolute atomic E-state index is 0.0349. The normalized spacial score (nSPS) is 13.0. The van der Waals surface area contributed by atoms with Crippen molar-refractivity contribution in [1.82, 2.24) is 19.4 Å². The van der Waals surface area contributed by atoms with E-state index in [9.17, 15) is 13.2 Å². The lowest BCUT2D eigenvalue weighted by molar-refractivity contribution is -0.122. The highest BCUT2D eigenvalue weighted by Crippen LogP contribution is 2.22. The van der Waals surface area contributed by atoms with Gasteiger partial charge >= 0.3 is 0 Å². The van der Waals surface area contributed by atoms with Gasteiger partial charge in [0.1, 0.15) is 11.4 Å². The fraction of sp³-hybridized carbons (Fsp3) is 0.412. The van der Waals surface area contributed by atoms with Crippen LogP contribution in [0.15, 0.2) is 35.2 Å². The Kier molecular flexibility index (Phi) is 5.64. The SMILES string of the molecule is Cc1nn(CC(=O)NC(C)c2ccccc2)c(C)c1S(=O)(=O)N(C)C. The molecular formula is C17H24N4O3S. The molecule has 25 heavy (non-hydrogen) atoms. The molecule has 2 aromatic rings. The number of benzene rings is 1. The maximum Gasteiger partial charge on any atom is 0.246 e. The average Bonchev–Trinajstić information content (AvgIpc) is 2.82. The van der Waals surface area contributed by atoms with Crippen molar-refractivity contribution >= 4 is 15.9 Å². The van der Waals surface area contributed by atoms with E-state index in [2.05, 4.69) is 10.4 Å². The molecule has 1 heterocycles. The highest BCUT2D eigenvalue weighted by Gasteiger charge is 2.27. The predicted molar refractivity (Wildman–Crippen MR) is 95.6 cm³/mol. The van der Waals surface area contributed by atoms with Gasteiger partial charge in [0.2, 0.25) is 15.9 Å². The summed E-state index contributed by atoms with van der Waals surface area (Å²) in [4.78, 5) is 12.5. The summed E-state index contributed by atoms with van der Waals surface area (Å²) in [6.07, 6.45) is 0. The van der Waals surface area contributed by atoms with Crippen LogP contribution in [-0.4, -0.2) is 42.5 Å². The molecule has 1 atom stereocenters. The summed E-state index contributed by atoms with van der Waals surface area (Å²) in [5, 5.41) is 7.13. The molecule has 0 radical (unpaired) electrons. The molecule has 136 valence electrons. The van der Waals surface area contributed by atoms with Gasteiger partial charge < -0.3 is 5.32 Å². The largest absolute Gasteiger partial charge is 0.348 e. The molecule has 7 nitrogen and oxygen atoms in total. The first-order valence-corrected chi connectivity index (χ1v) is 9.39. The zero-order valence-corrected chi connectivity index (χ0v) is 16.0. The summed E-state index contributed by atoms with van der Waals surface area (Å²) in [5.41, 5.74) is 1.84. The molecule has 1 aromatic carbocycles. The van der Waals surface area contributed by atoms with E-state index in [0.29, 0.717) is 11.4 Å². The summed E-state index contributed by atoms with van der Waals surface area (Å²) in [6.45, 7) is 5.15. The number of carbonyl (C=O) groups excluding carboxylic acids is 1. The van der Waals surface area contributed by atoms with E-state index in [1.807, 2.05) is 37.3 Å². The third kappa shape index (κ3) is 4.08. The first-order valence-electron chi connectivity index (χ1n) is 7.95. The van der Waals surface area contributed by atoms with Crippen LogP contribution in [0.5, 0.6) is 0 Å². The van der Waals surface area contributed by atoms with E-state index in [0.717, 1.165) is 9.87 Å². The van der Waals surface area contributed by atoms with Crippen LogP contribution in [0.4, 0.5) is 0 Å². The Hall–Kier alpha value is -2.19. The molecule has 1 N–H and O–H groups in total. The molecule has 0 fully saturated rings. The van der Waals surface area contributed by atoms with Gasteiger partial charge in [0.15, 0.2) is 0 Å². The van der Waals surface area contributed by atoms with Gasteiger partial charge in [-0.25, -0.2) is 12.7 Å². The maximum absolute atomic E-state index is 12.4. The number of nitrogens with zero attached hydrogens (tertiary/aromatic N) is 3. The summed E-state index contributed by atoms with van der Waals surface area (Å²) in [5.74, 6) is -0.226. The lowest BCUT2D eigenvalue weighted by Gasteiger charge is -2.15. The van der Waals surface area contributed by atoms with Crippen molar-refractivity contribution in [3.05, 3.63) is 47.3 Å². The number of hydrogen-bond acceptors (Lipinski definition) is 4. The van der Waals surface area contributed by atoms with Gasteiger partial charge in [0, 0.05) is 14.1 Å². The molecular weight excluding hydrogens is 340 g/mol. The lowest BCUT2D eigenvalue weighted by atomic mass is 10.1. The van der Waals surface area contributed by atoms with E-state index in [-0.39, 0.29) is 23.4 Å². The maximum atomic E-state index is 12.4. The minimum atomic E-state index is -3.60. The average molecular weight is 364 g/mol. The van der Waals surface area contributed by atoms with Gasteiger partial charge in [-0.2, -0.15) is 5.10 Å². The number of aryl methyl sites for hydroxylation is 1. The molecule has 1 aromatic heterocycles. The highest BCUT2D eigenvalue weighted by atomic mass is 32.2. The van der Waals surface area contributed by atoms with Crippen molar-refractivity contribution in [2.45, 2.75) is 38.3 Å². The van der Waals surface area contributed by atoms with Crippen LogP contribution in [0.25, 0.3) is 0 Å². The number of rotatable bonds is 6. The van der Waals surface area contributed by atoms with Crippen molar-refractivity contribution in [2.75, 3.05) is 14.1 Å². The van der Waals surface area contributed by atoms with Gasteiger partial charge in [0.05, 0.1) is 17.4 Å². The number of amides is 1. The zero-order chi connectivity index (χ0) is 18.8. The van der Waals surface area contributed by atoms with Crippen LogP contribution in [0.3, 0.4) is 0 Å². The molecule has 0 aliphatic heterocycles. The van der Waals surface area contributed by atoms with E-state index in [1.54, 1.807) is 13.8 Å². The van der Waals surface area contributed by atoms with Crippen molar-refractivity contribution in [2.24, 2.45) is 0 Å². The second-order valence-electron chi connectivity index (χ2n) is 6.14. The zero-order valence-electron chi connectivity index (χ0n) is 15.1. The summed E-state index contributed by atoms with van der Waals surface area (Å²) >= 11 is 0. The van der Waals surface area contributed by atoms with E-state index < -0.39 is 10.0 Å². The molecule has 0 saturated carbocycles. The van der Waals surface area contributed by atoms with Crippen LogP contribution < -0.4 is 5.32 Å². The van der Waals surface area contributed by atoms with Crippen molar-refractivity contribution < 1.29 is 13.2 Å². The monoisotopic (exact) mass is 364 g/mol. The number of carbonyl (C=O) groups is 1. The van der Waals surface area contributed by atoms with E-state index in [4.69, 9.17) is 0 Å². The quantitative estimate of drug-likeness (QED) is 0.844. The van der Waals surface area contributed by atoms with Gasteiger partial charge in [-0.1, -0.05) is 30.3 Å². The molecule has 0 aliphatic rings. The van der Waals surface area contributed by atoms with Crippen molar-refractivity contribution in [3.63, 3.8) is 0 Å². The standard InChI is InChI=1S/C17H24N4O3S/c1-12(15-9-7-6-8-10-15)18-16(22)11-21-14(3)17(13(2)19-21)25(23,24)20(4)5/h6-10,12H,11H2,1-5H3,(H,18,22). The predicted octanol–water partition coefficient (Wildman–Crippen LogP) is 1.63. The Balaban J connectivity index is 2.17. The van der Waals surface area contributed by atoms with Crippen molar-refractivity contribution in [1.29, 1.82) is 0 Å². The first-order chi connectivity index (χ1) is 11.6. The molecule has 8 heteroatoms. The summed E-state index contributed by atoms with van der Waals surface area (Å²) < 4.78 is 27.4. The molecule has 0 aliphatic carbocycles. The summed E-state index contributed by atoms with van der Waals surface area (Å²) in [6, 6.07) is 9.48. The number of nitrogens with one attached hydrogen (secondary N) is 1. The van der Waals surface area contributed by atoms with Gasteiger partial charge in [-0.15, -0.1) is 0 Å². The Morgan fingerprint density at radius 3 is 2.40 bits per heavy atom. The second kappa shape index (κ2) is 7.37. The Labute approximate surface area is 148 Å². The van der Waals surface area contributed by atoms with Gasteiger partial charge in [-0.05, 0) is 26.3 Å². The summed E-state index contributed by atoms with van der Waals surface area (Å²) in [7, 11) is -0.657. The molecule has 2 rings (SSSR count). The molecule has 1 amide bonds. The van der Waals surface area contributed by atoms with Gasteiger partial charge in [0.25, 0.3) is 0 Å². The minimum Gasteiger partial charge on any atom is -0.348 e. The van der Waals surface area contributed by atoms with Crippen LogP contribution in [0.1, 0.15) is 29.9 Å². The van der Waals surface area contributed by atoms with Crippen LogP contribution in [0, 0.1) is 13.8 Å². The Bertz CT molecular complexity index is 858. The number of aromatic nitrogens is 2. The van der Waals surface area contributed by atoms with E-state index in [1.165, 1.54) is 18.8 Å². The van der Waals surface area contributed by atoms with Crippen LogP contribution >= 0.6 is 0 Å². The number of hydrogen-bond donors (Lipinski definition) is 1. The number of sulfonamides is 1. The second-order valence-corrected chi connectivity index (χ2v) is 8.23. The van der Waals surface area contributed by atoms with Crippen LogP contribution in [-0.2, 0) is 21.4 Å². The van der Waals surface area contributed by atoms with Crippen molar-refractivity contribution in [3.8, 4) is 0 Å². The third-order valence-electron chi connectivity index (χ3n) is 4.02. The first kappa shape index (κ1) is 19.1. The van der Waals surface area contributed by atoms with Gasteiger partial charge in [-0.3, -0.25) is 9.48 Å².